The van der Waals surface area contributed by atoms with Crippen LogP contribution in [0.1, 0.15) is 13.8 Å². The number of carbonyl (C=O) groups excluding carboxylic acids is 1. The van der Waals surface area contributed by atoms with Gasteiger partial charge in [0.25, 0.3) is 5.91 Å². The van der Waals surface area contributed by atoms with Gasteiger partial charge in [-0.1, -0.05) is 0 Å². The molecule has 11 heavy (non-hydrogen) atoms. The molecule has 0 fully saturated rings. The maximum atomic E-state index is 10.8. The van der Waals surface area contributed by atoms with E-state index < -0.39 is 11.9 Å². The molecule has 66 valence electrons. The van der Waals surface area contributed by atoms with Gasteiger partial charge in [0.15, 0.2) is 0 Å². The summed E-state index contributed by atoms with van der Waals surface area (Å²) in [4.78, 5) is 10.8. The summed E-state index contributed by atoms with van der Waals surface area (Å²) in [6.45, 7) is 3.42. The molecule has 0 spiro atoms. The molecule has 1 atom stereocenters. The van der Waals surface area contributed by atoms with E-state index in [2.05, 4.69) is 10.9 Å². The van der Waals surface area contributed by atoms with Crippen molar-refractivity contribution in [1.82, 2.24) is 10.9 Å². The molecule has 0 aromatic heterocycles. The zero-order valence-corrected chi connectivity index (χ0v) is 6.79. The molecule has 0 aliphatic rings. The zero-order chi connectivity index (χ0) is 8.85. The van der Waals surface area contributed by atoms with Crippen LogP contribution < -0.4 is 16.6 Å². The molecule has 0 unspecified atom stereocenters. The third kappa shape index (κ3) is 4.72. The highest BCUT2D eigenvalue weighted by atomic mass is 16.3. The van der Waals surface area contributed by atoms with Crippen LogP contribution in [0.4, 0.5) is 0 Å². The molecule has 0 aromatic rings. The minimum atomic E-state index is -0.846. The monoisotopic (exact) mass is 161 g/mol. The predicted octanol–water partition coefficient (Wildman–Crippen LogP) is -1.66. The van der Waals surface area contributed by atoms with Crippen molar-refractivity contribution in [2.24, 2.45) is 5.73 Å². The van der Waals surface area contributed by atoms with Gasteiger partial charge in [-0.25, -0.2) is 5.43 Å². The van der Waals surface area contributed by atoms with E-state index in [1.54, 1.807) is 0 Å². The Hall–Kier alpha value is -0.650. The molecule has 5 N–H and O–H groups in total. The Morgan fingerprint density at radius 3 is 2.55 bits per heavy atom. The average Bonchev–Trinajstić information content (AvgIpc) is 1.98. The highest BCUT2D eigenvalue weighted by Crippen LogP contribution is 1.76. The molecule has 5 heteroatoms. The van der Waals surface area contributed by atoms with Crippen molar-refractivity contribution in [3.05, 3.63) is 0 Å². The fourth-order valence-electron chi connectivity index (χ4n) is 0.391. The largest absolute Gasteiger partial charge is 0.394 e. The highest BCUT2D eigenvalue weighted by Gasteiger charge is 2.10. The van der Waals surface area contributed by atoms with Crippen LogP contribution in [-0.4, -0.2) is 29.7 Å². The van der Waals surface area contributed by atoms with Crippen molar-refractivity contribution in [2.75, 3.05) is 6.61 Å². The second-order valence-electron chi connectivity index (χ2n) is 2.58. The van der Waals surface area contributed by atoms with Crippen LogP contribution in [0.5, 0.6) is 0 Å². The van der Waals surface area contributed by atoms with Crippen LogP contribution in [0.15, 0.2) is 0 Å². The Labute approximate surface area is 65.9 Å². The van der Waals surface area contributed by atoms with E-state index in [9.17, 15) is 4.79 Å². The van der Waals surface area contributed by atoms with Gasteiger partial charge in [0.05, 0.1) is 6.61 Å². The lowest BCUT2D eigenvalue weighted by Gasteiger charge is -2.12. The molecule has 0 aliphatic heterocycles. The van der Waals surface area contributed by atoms with Crippen LogP contribution in [0.2, 0.25) is 0 Å². The summed E-state index contributed by atoms with van der Waals surface area (Å²) in [7, 11) is 0. The van der Waals surface area contributed by atoms with Gasteiger partial charge < -0.3 is 10.8 Å². The van der Waals surface area contributed by atoms with Crippen LogP contribution >= 0.6 is 0 Å². The molecule has 0 aliphatic carbocycles. The Kier molecular flexibility index (Phi) is 4.76. The number of nitrogens with one attached hydrogen (secondary N) is 2. The summed E-state index contributed by atoms with van der Waals surface area (Å²) >= 11 is 0. The van der Waals surface area contributed by atoms with Crippen LogP contribution in [0.3, 0.4) is 0 Å². The fraction of sp³-hybridized carbons (Fsp3) is 0.833. The van der Waals surface area contributed by atoms with Crippen molar-refractivity contribution < 1.29 is 9.90 Å². The number of carbonyl (C=O) groups is 1. The number of aliphatic hydroxyl groups excluding tert-OH is 1. The van der Waals surface area contributed by atoms with Gasteiger partial charge in [0.2, 0.25) is 0 Å². The first-order valence-corrected chi connectivity index (χ1v) is 3.49. The third-order valence-electron chi connectivity index (χ3n) is 1.02. The Bertz CT molecular complexity index is 127. The average molecular weight is 161 g/mol. The van der Waals surface area contributed by atoms with Gasteiger partial charge in [-0.3, -0.25) is 10.2 Å². The minimum Gasteiger partial charge on any atom is -0.394 e. The van der Waals surface area contributed by atoms with E-state index in [0.717, 1.165) is 0 Å². The predicted molar refractivity (Wildman–Crippen MR) is 41.5 cm³/mol. The van der Waals surface area contributed by atoms with Gasteiger partial charge in [-0.15, -0.1) is 0 Å². The van der Waals surface area contributed by atoms with Gasteiger partial charge in [-0.05, 0) is 13.8 Å². The maximum absolute atomic E-state index is 10.8. The molecule has 0 bridgehead atoms. The molecule has 5 nitrogen and oxygen atoms in total. The summed E-state index contributed by atoms with van der Waals surface area (Å²) < 4.78 is 0. The maximum Gasteiger partial charge on any atom is 0.253 e. The summed E-state index contributed by atoms with van der Waals surface area (Å²) in [6, 6.07) is -0.689. The van der Waals surface area contributed by atoms with Gasteiger partial charge in [-0.2, -0.15) is 0 Å². The number of hydrazine groups is 1. The molecule has 0 heterocycles. The summed E-state index contributed by atoms with van der Waals surface area (Å²) in [5.41, 5.74) is 10.2. The molecule has 1 amide bonds. The summed E-state index contributed by atoms with van der Waals surface area (Å²) in [5.74, 6) is -0.402. The van der Waals surface area contributed by atoms with Crippen LogP contribution in [-0.2, 0) is 4.79 Å². The van der Waals surface area contributed by atoms with E-state index in [1.807, 2.05) is 13.8 Å². The second-order valence-corrected chi connectivity index (χ2v) is 2.58. The first-order chi connectivity index (χ1) is 5.07. The Morgan fingerprint density at radius 1 is 1.64 bits per heavy atom. The van der Waals surface area contributed by atoms with E-state index in [1.165, 1.54) is 0 Å². The Balaban J connectivity index is 3.52. The van der Waals surface area contributed by atoms with Gasteiger partial charge in [0, 0.05) is 6.04 Å². The molecular weight excluding hydrogens is 146 g/mol. The zero-order valence-electron chi connectivity index (χ0n) is 6.79. The number of hydrogen-bond acceptors (Lipinski definition) is 4. The molecule has 0 aromatic carbocycles. The van der Waals surface area contributed by atoms with Gasteiger partial charge in [0.1, 0.15) is 6.04 Å². The van der Waals surface area contributed by atoms with Crippen LogP contribution in [0, 0.1) is 0 Å². The van der Waals surface area contributed by atoms with Crippen molar-refractivity contribution in [2.45, 2.75) is 25.9 Å². The van der Waals surface area contributed by atoms with E-state index in [-0.39, 0.29) is 12.6 Å². The fourth-order valence-corrected chi connectivity index (χ4v) is 0.391. The molecule has 0 saturated heterocycles. The minimum absolute atomic E-state index is 0.157. The lowest BCUT2D eigenvalue weighted by Crippen LogP contribution is -2.50. The van der Waals surface area contributed by atoms with E-state index in [0.29, 0.717) is 0 Å². The van der Waals surface area contributed by atoms with Crippen molar-refractivity contribution >= 4 is 5.91 Å². The van der Waals surface area contributed by atoms with Gasteiger partial charge >= 0.3 is 0 Å². The summed E-state index contributed by atoms with van der Waals surface area (Å²) in [6.07, 6.45) is 0. The standard InChI is InChI=1S/C6H15N3O2/c1-4(2)8-9-6(11)5(7)3-10/h4-5,8,10H,3,7H2,1-2H3,(H,9,11)/t5-/m1/s1. The van der Waals surface area contributed by atoms with E-state index in [4.69, 9.17) is 10.8 Å². The molecular formula is C6H15N3O2. The SMILES string of the molecule is CC(C)NNC(=O)[C@H](N)CO. The normalized spacial score (nSPS) is 13.2. The third-order valence-corrected chi connectivity index (χ3v) is 1.02. The summed E-state index contributed by atoms with van der Waals surface area (Å²) in [5, 5.41) is 8.46. The lowest BCUT2D eigenvalue weighted by atomic mass is 10.3. The topological polar surface area (TPSA) is 87.4 Å². The first-order valence-electron chi connectivity index (χ1n) is 3.49. The van der Waals surface area contributed by atoms with Crippen molar-refractivity contribution in [3.63, 3.8) is 0 Å². The first kappa shape index (κ1) is 10.3. The second kappa shape index (κ2) is 5.06. The van der Waals surface area contributed by atoms with Crippen molar-refractivity contribution in [1.29, 1.82) is 0 Å². The van der Waals surface area contributed by atoms with E-state index >= 15 is 0 Å². The number of amides is 1. The lowest BCUT2D eigenvalue weighted by molar-refractivity contribution is -0.124. The molecule has 0 radical (unpaired) electrons. The highest BCUT2D eigenvalue weighted by molar-refractivity contribution is 5.81. The number of hydrogen-bond donors (Lipinski definition) is 4. The Morgan fingerprint density at radius 2 is 2.18 bits per heavy atom. The van der Waals surface area contributed by atoms with Crippen molar-refractivity contribution in [3.8, 4) is 0 Å². The molecule has 0 rings (SSSR count). The number of rotatable bonds is 4. The quantitative estimate of drug-likeness (QED) is 0.371. The smallest absolute Gasteiger partial charge is 0.253 e. The number of nitrogens with two attached hydrogens (primary N) is 1. The number of aliphatic hydroxyl groups is 1. The molecule has 0 saturated carbocycles. The van der Waals surface area contributed by atoms with Crippen LogP contribution in [0.25, 0.3) is 0 Å².